The lowest BCUT2D eigenvalue weighted by Crippen LogP contribution is -2.49. The Balaban J connectivity index is 3.93. The fourth-order valence-corrected chi connectivity index (χ4v) is 1.43. The molecule has 0 saturated carbocycles. The van der Waals surface area contributed by atoms with Crippen LogP contribution in [0.2, 0.25) is 0 Å². The van der Waals surface area contributed by atoms with Gasteiger partial charge in [-0.1, -0.05) is 6.42 Å². The summed E-state index contributed by atoms with van der Waals surface area (Å²) < 4.78 is 0. The van der Waals surface area contributed by atoms with E-state index in [1.165, 1.54) is 6.92 Å². The van der Waals surface area contributed by atoms with E-state index in [0.29, 0.717) is 0 Å². The van der Waals surface area contributed by atoms with Gasteiger partial charge in [-0.2, -0.15) is 0 Å². The zero-order chi connectivity index (χ0) is 13.1. The minimum Gasteiger partial charge on any atom is -0.348 e. The fraction of sp³-hybridized carbons (Fsp3) is 0.818. The summed E-state index contributed by atoms with van der Waals surface area (Å²) in [5.41, 5.74) is 5.66. The standard InChI is InChI=1S/C11H24N4O2/c1-9(16)8-14-11(17)10(15-13-3)6-4-5-7-12-2/h10,12-13,15H,4-8H2,1-3H3,(H,14,17). The topological polar surface area (TPSA) is 82.3 Å². The molecule has 100 valence electrons. The van der Waals surface area contributed by atoms with Gasteiger partial charge in [-0.25, -0.2) is 5.43 Å². The van der Waals surface area contributed by atoms with E-state index >= 15 is 0 Å². The van der Waals surface area contributed by atoms with E-state index in [0.717, 1.165) is 25.8 Å². The molecule has 0 rings (SSSR count). The van der Waals surface area contributed by atoms with Crippen molar-refractivity contribution in [3.05, 3.63) is 0 Å². The normalized spacial score (nSPS) is 12.2. The Bertz CT molecular complexity index is 234. The van der Waals surface area contributed by atoms with E-state index in [1.54, 1.807) is 7.05 Å². The van der Waals surface area contributed by atoms with Crippen LogP contribution in [0.15, 0.2) is 0 Å². The summed E-state index contributed by atoms with van der Waals surface area (Å²) in [6.45, 7) is 2.49. The Morgan fingerprint density at radius 2 is 1.88 bits per heavy atom. The molecule has 0 spiro atoms. The number of rotatable bonds is 10. The Morgan fingerprint density at radius 3 is 2.41 bits per heavy atom. The summed E-state index contributed by atoms with van der Waals surface area (Å²) in [7, 11) is 3.63. The number of nitrogens with one attached hydrogen (secondary N) is 4. The number of amides is 1. The third-order valence-corrected chi connectivity index (χ3v) is 2.32. The molecule has 1 atom stereocenters. The van der Waals surface area contributed by atoms with E-state index in [1.807, 2.05) is 7.05 Å². The molecule has 4 N–H and O–H groups in total. The van der Waals surface area contributed by atoms with Crippen LogP contribution in [0.3, 0.4) is 0 Å². The SMILES string of the molecule is CNCCCCC(NNC)C(=O)NCC(C)=O. The summed E-state index contributed by atoms with van der Waals surface area (Å²) in [6, 6.07) is -0.295. The third-order valence-electron chi connectivity index (χ3n) is 2.32. The van der Waals surface area contributed by atoms with Crippen molar-refractivity contribution < 1.29 is 9.59 Å². The molecule has 0 aromatic heterocycles. The maximum absolute atomic E-state index is 11.7. The number of hydrogen-bond acceptors (Lipinski definition) is 5. The first-order valence-corrected chi connectivity index (χ1v) is 5.95. The van der Waals surface area contributed by atoms with Gasteiger partial charge < -0.3 is 10.6 Å². The molecule has 0 bridgehead atoms. The molecule has 0 radical (unpaired) electrons. The Hall–Kier alpha value is -0.980. The predicted molar refractivity (Wildman–Crippen MR) is 67.5 cm³/mol. The van der Waals surface area contributed by atoms with Crippen LogP contribution in [0, 0.1) is 0 Å². The molecule has 0 aromatic rings. The molecular weight excluding hydrogens is 220 g/mol. The number of hydrazine groups is 1. The molecule has 17 heavy (non-hydrogen) atoms. The van der Waals surface area contributed by atoms with Crippen LogP contribution < -0.4 is 21.5 Å². The van der Waals surface area contributed by atoms with E-state index in [-0.39, 0.29) is 24.3 Å². The lowest BCUT2D eigenvalue weighted by molar-refractivity contribution is -0.126. The molecule has 0 aliphatic rings. The van der Waals surface area contributed by atoms with Gasteiger partial charge in [-0.05, 0) is 40.4 Å². The van der Waals surface area contributed by atoms with E-state index in [2.05, 4.69) is 21.5 Å². The number of ketones is 1. The number of carbonyl (C=O) groups excluding carboxylic acids is 2. The summed E-state index contributed by atoms with van der Waals surface area (Å²) >= 11 is 0. The van der Waals surface area contributed by atoms with Gasteiger partial charge in [0.25, 0.3) is 0 Å². The highest BCUT2D eigenvalue weighted by Crippen LogP contribution is 2.00. The van der Waals surface area contributed by atoms with Gasteiger partial charge >= 0.3 is 0 Å². The van der Waals surface area contributed by atoms with Crippen LogP contribution in [-0.2, 0) is 9.59 Å². The molecule has 0 aliphatic heterocycles. The van der Waals surface area contributed by atoms with Crippen LogP contribution in [0.25, 0.3) is 0 Å². The summed E-state index contributed by atoms with van der Waals surface area (Å²) in [4.78, 5) is 22.5. The van der Waals surface area contributed by atoms with Gasteiger partial charge in [0.15, 0.2) is 0 Å². The van der Waals surface area contributed by atoms with E-state index in [4.69, 9.17) is 0 Å². The molecule has 0 aromatic carbocycles. The smallest absolute Gasteiger partial charge is 0.238 e. The van der Waals surface area contributed by atoms with E-state index < -0.39 is 0 Å². The molecular formula is C11H24N4O2. The third kappa shape index (κ3) is 8.79. The Labute approximate surface area is 103 Å². The molecule has 0 fully saturated rings. The first-order chi connectivity index (χ1) is 8.11. The molecule has 0 aliphatic carbocycles. The molecule has 1 unspecified atom stereocenters. The number of unbranched alkanes of at least 4 members (excludes halogenated alkanes) is 1. The summed E-state index contributed by atoms with van der Waals surface area (Å²) in [5.74, 6) is -0.184. The molecule has 6 nitrogen and oxygen atoms in total. The van der Waals surface area contributed by atoms with Crippen molar-refractivity contribution in [2.75, 3.05) is 27.2 Å². The number of carbonyl (C=O) groups is 2. The van der Waals surface area contributed by atoms with Crippen LogP contribution in [-0.4, -0.2) is 44.9 Å². The van der Waals surface area contributed by atoms with Crippen molar-refractivity contribution in [3.8, 4) is 0 Å². The van der Waals surface area contributed by atoms with Gasteiger partial charge in [0, 0.05) is 0 Å². The summed E-state index contributed by atoms with van der Waals surface area (Å²) in [6.07, 6.45) is 2.72. The highest BCUT2D eigenvalue weighted by atomic mass is 16.2. The summed E-state index contributed by atoms with van der Waals surface area (Å²) in [5, 5.41) is 5.66. The predicted octanol–water partition coefficient (Wildman–Crippen LogP) is -0.826. The van der Waals surface area contributed by atoms with Crippen molar-refractivity contribution in [2.45, 2.75) is 32.2 Å². The zero-order valence-corrected chi connectivity index (χ0v) is 10.9. The first kappa shape index (κ1) is 16.0. The van der Waals surface area contributed by atoms with Crippen molar-refractivity contribution in [1.82, 2.24) is 21.5 Å². The lowest BCUT2D eigenvalue weighted by atomic mass is 10.1. The van der Waals surface area contributed by atoms with Gasteiger partial charge in [-0.3, -0.25) is 15.0 Å². The average molecular weight is 244 g/mol. The molecule has 0 heterocycles. The maximum atomic E-state index is 11.7. The largest absolute Gasteiger partial charge is 0.348 e. The quantitative estimate of drug-likeness (QED) is 0.298. The van der Waals surface area contributed by atoms with Crippen molar-refractivity contribution in [3.63, 3.8) is 0 Å². The minimum atomic E-state index is -0.295. The second-order valence-electron chi connectivity index (χ2n) is 3.97. The van der Waals surface area contributed by atoms with Crippen molar-refractivity contribution in [1.29, 1.82) is 0 Å². The maximum Gasteiger partial charge on any atom is 0.238 e. The van der Waals surface area contributed by atoms with E-state index in [9.17, 15) is 9.59 Å². The Kier molecular flexibility index (Phi) is 9.60. The highest BCUT2D eigenvalue weighted by molar-refractivity contribution is 5.87. The van der Waals surface area contributed by atoms with Crippen molar-refractivity contribution in [2.24, 2.45) is 0 Å². The number of Topliss-reactive ketones (excluding diaryl/α,β-unsaturated/α-hetero) is 1. The second-order valence-corrected chi connectivity index (χ2v) is 3.97. The highest BCUT2D eigenvalue weighted by Gasteiger charge is 2.16. The monoisotopic (exact) mass is 244 g/mol. The molecule has 1 amide bonds. The van der Waals surface area contributed by atoms with Gasteiger partial charge in [-0.15, -0.1) is 0 Å². The van der Waals surface area contributed by atoms with Gasteiger partial charge in [0.2, 0.25) is 5.91 Å². The lowest BCUT2D eigenvalue weighted by Gasteiger charge is -2.17. The minimum absolute atomic E-state index is 0.0447. The molecule has 0 saturated heterocycles. The fourth-order valence-electron chi connectivity index (χ4n) is 1.43. The van der Waals surface area contributed by atoms with Crippen molar-refractivity contribution >= 4 is 11.7 Å². The number of hydrogen-bond donors (Lipinski definition) is 4. The second kappa shape index (κ2) is 10.2. The van der Waals surface area contributed by atoms with Gasteiger partial charge in [0.1, 0.15) is 5.78 Å². The van der Waals surface area contributed by atoms with Gasteiger partial charge in [0.05, 0.1) is 12.6 Å². The zero-order valence-electron chi connectivity index (χ0n) is 10.9. The van der Waals surface area contributed by atoms with Crippen LogP contribution >= 0.6 is 0 Å². The van der Waals surface area contributed by atoms with Crippen LogP contribution in [0.4, 0.5) is 0 Å². The van der Waals surface area contributed by atoms with Crippen LogP contribution in [0.5, 0.6) is 0 Å². The molecule has 6 heteroatoms. The van der Waals surface area contributed by atoms with Crippen LogP contribution in [0.1, 0.15) is 26.2 Å². The first-order valence-electron chi connectivity index (χ1n) is 5.95. The Morgan fingerprint density at radius 1 is 1.18 bits per heavy atom. The average Bonchev–Trinajstić information content (AvgIpc) is 2.30.